The fraction of sp³-hybridized carbons (Fsp3) is 0.0377. The van der Waals surface area contributed by atoms with E-state index in [4.69, 9.17) is 32.9 Å². The first-order valence-electron chi connectivity index (χ1n) is 33.0. The summed E-state index contributed by atoms with van der Waals surface area (Å²) >= 11 is 0. The molecule has 0 fully saturated rings. The van der Waals surface area contributed by atoms with E-state index in [1.807, 2.05) is 0 Å². The summed E-state index contributed by atoms with van der Waals surface area (Å²) < 4.78 is 294. The van der Waals surface area contributed by atoms with Gasteiger partial charge >= 0.3 is 0 Å². The zero-order valence-electron chi connectivity index (χ0n) is 61.3. The van der Waals surface area contributed by atoms with Crippen LogP contribution in [-0.4, -0.2) is 15.0 Å². The van der Waals surface area contributed by atoms with E-state index in [0.717, 1.165) is 0 Å². The third-order valence-corrected chi connectivity index (χ3v) is 8.58. The van der Waals surface area contributed by atoms with Crippen molar-refractivity contribution in [3.63, 3.8) is 0 Å². The molecule has 9 aromatic carbocycles. The number of nitrogens with zero attached hydrogens (tertiary/aromatic N) is 3. The second-order valence-electron chi connectivity index (χ2n) is 11.8. The summed E-state index contributed by atoms with van der Waals surface area (Å²) in [5.74, 6) is -2.57. The van der Waals surface area contributed by atoms with Gasteiger partial charge in [-0.15, -0.1) is 0 Å². The van der Waals surface area contributed by atoms with Gasteiger partial charge in [0.2, 0.25) is 0 Å². The Balaban J connectivity index is 1.30. The van der Waals surface area contributed by atoms with Gasteiger partial charge in [0.25, 0.3) is 0 Å². The van der Waals surface area contributed by atoms with E-state index in [1.165, 1.54) is 0 Å². The molecule has 3 heteroatoms. The van der Waals surface area contributed by atoms with Crippen LogP contribution in [0.5, 0.6) is 0 Å². The maximum absolute atomic E-state index is 9.91. The lowest BCUT2D eigenvalue weighted by atomic mass is 9.88. The van der Waals surface area contributed by atoms with E-state index in [0.29, 0.717) is 0 Å². The molecule has 56 heavy (non-hydrogen) atoms. The number of aromatic nitrogens is 3. The predicted octanol–water partition coefficient (Wildman–Crippen LogP) is 13.2. The fourth-order valence-electron chi connectivity index (χ4n) is 6.08. The van der Waals surface area contributed by atoms with Crippen molar-refractivity contribution in [1.29, 1.82) is 0 Å². The van der Waals surface area contributed by atoms with Gasteiger partial charge in [0.15, 0.2) is 17.5 Å². The molecule has 1 aromatic heterocycles. The first-order chi connectivity index (χ1) is 41.5. The summed E-state index contributed by atoms with van der Waals surface area (Å²) in [7, 11) is 0. The van der Waals surface area contributed by atoms with Crippen LogP contribution >= 0.6 is 0 Å². The third kappa shape index (κ3) is 6.29. The Morgan fingerprint density at radius 2 is 0.661 bits per heavy atom. The lowest BCUT2D eigenvalue weighted by molar-refractivity contribution is 1.05. The molecule has 0 saturated heterocycles. The van der Waals surface area contributed by atoms with Gasteiger partial charge in [-0.2, -0.15) is 0 Å². The summed E-state index contributed by atoms with van der Waals surface area (Å²) in [6.07, 6.45) is -2.07. The van der Waals surface area contributed by atoms with Gasteiger partial charge in [-0.25, -0.2) is 15.0 Å². The third-order valence-electron chi connectivity index (χ3n) is 8.58. The van der Waals surface area contributed by atoms with Gasteiger partial charge in [0.1, 0.15) is 0 Å². The largest absolute Gasteiger partial charge is 0.208 e. The van der Waals surface area contributed by atoms with Crippen molar-refractivity contribution in [2.24, 2.45) is 0 Å². The van der Waals surface area contributed by atoms with E-state index in [1.54, 1.807) is 0 Å². The Morgan fingerprint density at radius 1 is 0.286 bits per heavy atom. The van der Waals surface area contributed by atoms with E-state index < -0.39 is 312 Å². The lowest BCUT2D eigenvalue weighted by Crippen LogP contribution is -2.03. The molecular weight excluding hydrogens is 679 g/mol. The Morgan fingerprint density at radius 3 is 1.20 bits per heavy atom. The average molecular weight is 749 g/mol. The van der Waals surface area contributed by atoms with Crippen LogP contribution in [0, 0.1) is 0 Å². The highest BCUT2D eigenvalue weighted by molar-refractivity contribution is 6.25. The second-order valence-corrected chi connectivity index (χ2v) is 11.8. The highest BCUT2D eigenvalue weighted by Crippen LogP contribution is 2.38. The molecule has 10 rings (SSSR count). The van der Waals surface area contributed by atoms with Gasteiger partial charge in [-0.1, -0.05) is 193 Å². The number of rotatable bonds is 8. The van der Waals surface area contributed by atoms with Crippen molar-refractivity contribution in [2.45, 2.75) is 12.8 Å². The van der Waals surface area contributed by atoms with Crippen LogP contribution in [0.4, 0.5) is 0 Å². The topological polar surface area (TPSA) is 38.7 Å². The smallest absolute Gasteiger partial charge is 0.164 e. The lowest BCUT2D eigenvalue weighted by Gasteiger charge is -2.16. The van der Waals surface area contributed by atoms with Gasteiger partial charge in [0.05, 0.1) is 45.2 Å². The maximum Gasteiger partial charge on any atom is 0.164 e. The molecule has 0 unspecified atom stereocenters. The van der Waals surface area contributed by atoms with Crippen molar-refractivity contribution < 1.29 is 45.2 Å². The minimum atomic E-state index is -1.04. The molecule has 10 aromatic rings. The van der Waals surface area contributed by atoms with Crippen LogP contribution in [0.1, 0.15) is 67.5 Å². The summed E-state index contributed by atoms with van der Waals surface area (Å²) in [6, 6.07) is -30.5. The molecule has 1 heterocycles. The van der Waals surface area contributed by atoms with Crippen molar-refractivity contribution in [3.8, 4) is 45.3 Å². The van der Waals surface area contributed by atoms with Gasteiger partial charge < -0.3 is 0 Å². The monoisotopic (exact) mass is 749 g/mol. The molecular formula is C53H37N3. The Kier molecular flexibility index (Phi) is 3.51. The van der Waals surface area contributed by atoms with Crippen LogP contribution in [0.25, 0.3) is 77.6 Å². The highest BCUT2D eigenvalue weighted by Gasteiger charge is 2.17. The average Bonchev–Trinajstić information content (AvgIpc) is 0.694. The predicted molar refractivity (Wildman–Crippen MR) is 233 cm³/mol. The number of benzene rings is 9. The molecule has 0 saturated carbocycles. The molecule has 0 bridgehead atoms. The van der Waals surface area contributed by atoms with Crippen molar-refractivity contribution >= 4 is 32.3 Å². The van der Waals surface area contributed by atoms with Gasteiger partial charge in [-0.3, -0.25) is 0 Å². The zero-order chi connectivity index (χ0) is 66.0. The molecule has 3 nitrogen and oxygen atoms in total. The van der Waals surface area contributed by atoms with E-state index >= 15 is 0 Å². The van der Waals surface area contributed by atoms with E-state index in [-0.39, 0.29) is 0 Å². The summed E-state index contributed by atoms with van der Waals surface area (Å²) in [4.78, 5) is 12.9. The minimum absolute atomic E-state index is 0.496. The standard InChI is InChI=1S/C53H37N3/c1-3-17-36(18-4-1)51-54-52(37-19-5-2-6-20-37)56-53(55-51)44-26-12-10-24-41(44)34-39-22-8-7-21-38(39)33-40-23-9-11-25-43(40)42-31-32-49-47-29-14-13-27-45(47)46-28-15-16-30-48(46)50(49)35-42/h1-32,35H,33-34H2/i1D,2D,3D,4D,5D,6D,7D,8D,9D,10D,11D,12D,13D,14D,15D,16D,17D,18D,19D,20D,21D,22D,23D,24D,25D,26D,27D,28D,29D,30D,31D,32D,35D. The molecule has 0 aliphatic rings. The van der Waals surface area contributed by atoms with E-state index in [2.05, 4.69) is 15.0 Å². The van der Waals surface area contributed by atoms with E-state index in [9.17, 15) is 12.3 Å². The normalized spacial score (nSPS) is 19.6. The van der Waals surface area contributed by atoms with Gasteiger partial charge in [0, 0.05) is 16.7 Å². The highest BCUT2D eigenvalue weighted by atomic mass is 15.0. The number of fused-ring (bicyclic) bond motifs is 6. The summed E-state index contributed by atoms with van der Waals surface area (Å²) in [6.45, 7) is 0. The Hall–Kier alpha value is -7.23. The van der Waals surface area contributed by atoms with Gasteiger partial charge in [-0.05, 0) is 84.6 Å². The molecule has 0 aliphatic carbocycles. The molecule has 0 radical (unpaired) electrons. The van der Waals surface area contributed by atoms with Crippen molar-refractivity contribution in [3.05, 3.63) is 222 Å². The van der Waals surface area contributed by atoms with Crippen LogP contribution in [0.2, 0.25) is 0 Å². The fourth-order valence-corrected chi connectivity index (χ4v) is 6.08. The first kappa shape index (κ1) is 13.5. The van der Waals surface area contributed by atoms with Crippen LogP contribution in [0.3, 0.4) is 0 Å². The molecule has 264 valence electrons. The molecule has 0 N–H and O–H groups in total. The van der Waals surface area contributed by atoms with Crippen LogP contribution < -0.4 is 0 Å². The maximum atomic E-state index is 9.91. The summed E-state index contributed by atoms with van der Waals surface area (Å²) in [5, 5.41) is -3.33. The second kappa shape index (κ2) is 14.5. The van der Waals surface area contributed by atoms with Crippen LogP contribution in [0.15, 0.2) is 199 Å². The first-order valence-corrected chi connectivity index (χ1v) is 16.5. The zero-order valence-corrected chi connectivity index (χ0v) is 28.3. The number of hydrogen-bond acceptors (Lipinski definition) is 3. The number of hydrogen-bond donors (Lipinski definition) is 0. The Bertz CT molecular complexity index is 4760. The molecule has 0 amide bonds. The SMILES string of the molecule is [2H]c1c([2H])c([2H])c(-c2nc(-c3c([2H])c([2H])c([2H])c([2H])c3[2H])nc(-c3c([2H])c([2H])c([2H])c([2H])c3Cc3c([2H])c([2H])c([2H])c([2H])c3Cc3c([2H])c([2H])c([2H])c([2H])c3-c3c([2H])c([2H])c4c5c([2H])c([2H])c([2H])c([2H])c5c5c([2H])c([2H])c([2H])c([2H])c5c4c3[2H])n2)c([2H])c1[2H]. The minimum Gasteiger partial charge on any atom is -0.208 e. The summed E-state index contributed by atoms with van der Waals surface area (Å²) in [5.41, 5.74) is -6.25. The van der Waals surface area contributed by atoms with Crippen molar-refractivity contribution in [1.82, 2.24) is 15.0 Å². The molecule has 0 atom stereocenters. The quantitative estimate of drug-likeness (QED) is 0.145. The van der Waals surface area contributed by atoms with Crippen molar-refractivity contribution in [2.75, 3.05) is 0 Å². The molecule has 0 spiro atoms. The molecule has 0 aliphatic heterocycles. The Labute approximate surface area is 373 Å². The van der Waals surface area contributed by atoms with Crippen LogP contribution in [-0.2, 0) is 12.8 Å².